The van der Waals surface area contributed by atoms with Crippen LogP contribution < -0.4 is 0 Å². The summed E-state index contributed by atoms with van der Waals surface area (Å²) in [4.78, 5) is 29.6. The van der Waals surface area contributed by atoms with Crippen molar-refractivity contribution in [2.75, 3.05) is 19.7 Å². The van der Waals surface area contributed by atoms with Crippen molar-refractivity contribution in [1.82, 2.24) is 9.80 Å². The van der Waals surface area contributed by atoms with Gasteiger partial charge in [-0.2, -0.15) is 0 Å². The van der Waals surface area contributed by atoms with Gasteiger partial charge in [-0.1, -0.05) is 79.7 Å². The van der Waals surface area contributed by atoms with Gasteiger partial charge >= 0.3 is 0 Å². The number of carbonyl (C=O) groups is 2. The molecule has 8 heteroatoms. The van der Waals surface area contributed by atoms with E-state index < -0.39 is 6.29 Å². The second-order valence-corrected chi connectivity index (χ2v) is 12.9. The van der Waals surface area contributed by atoms with Gasteiger partial charge in [0.2, 0.25) is 0 Å². The molecule has 2 amide bonds. The molecular weight excluding hydrogens is 592 g/mol. The van der Waals surface area contributed by atoms with E-state index in [1.54, 1.807) is 24.3 Å². The van der Waals surface area contributed by atoms with Crippen molar-refractivity contribution in [3.05, 3.63) is 130 Å². The van der Waals surface area contributed by atoms with Crippen LogP contribution in [0.2, 0.25) is 0 Å². The average molecular weight is 633 g/mol. The number of imide groups is 1. The number of amides is 2. The number of fused-ring (bicyclic) bond motifs is 1. The molecule has 242 valence electrons. The summed E-state index contributed by atoms with van der Waals surface area (Å²) in [5.41, 5.74) is 6.45. The van der Waals surface area contributed by atoms with Crippen molar-refractivity contribution in [3.8, 4) is 11.1 Å². The Morgan fingerprint density at radius 1 is 0.766 bits per heavy atom. The van der Waals surface area contributed by atoms with Crippen LogP contribution >= 0.6 is 0 Å². The molecule has 8 nitrogen and oxygen atoms in total. The van der Waals surface area contributed by atoms with Gasteiger partial charge in [-0.25, -0.2) is 0 Å². The van der Waals surface area contributed by atoms with Crippen LogP contribution in [0.4, 0.5) is 0 Å². The van der Waals surface area contributed by atoms with Crippen molar-refractivity contribution in [2.45, 2.75) is 57.5 Å². The fraction of sp³-hybridized carbons (Fsp3) is 0.333. The smallest absolute Gasteiger partial charge is 0.261 e. The number of aliphatic hydroxyl groups excluding tert-OH is 2. The van der Waals surface area contributed by atoms with Gasteiger partial charge in [-0.3, -0.25) is 19.4 Å². The van der Waals surface area contributed by atoms with E-state index >= 15 is 0 Å². The molecule has 2 fully saturated rings. The first kappa shape index (κ1) is 31.4. The SMILES string of the molecule is C[C@@H]1[C@H](CN2CCC[C@H]2CO)O[C@H](c2cccc(-c3cccc(CN4C(=O)c5ccccc5C4=O)c3)c2)O[C@@H]1c1ccc(CO)cc1. The summed E-state index contributed by atoms with van der Waals surface area (Å²) < 4.78 is 13.4. The van der Waals surface area contributed by atoms with Gasteiger partial charge < -0.3 is 19.7 Å². The Bertz CT molecular complexity index is 1720. The molecule has 0 saturated carbocycles. The van der Waals surface area contributed by atoms with E-state index in [9.17, 15) is 19.8 Å². The van der Waals surface area contributed by atoms with Crippen LogP contribution in [-0.2, 0) is 22.6 Å². The third-order valence-electron chi connectivity index (χ3n) is 9.89. The van der Waals surface area contributed by atoms with Crippen LogP contribution in [0.15, 0.2) is 97.1 Å². The molecule has 0 aliphatic carbocycles. The van der Waals surface area contributed by atoms with E-state index in [2.05, 4.69) is 17.9 Å². The highest BCUT2D eigenvalue weighted by molar-refractivity contribution is 6.21. The fourth-order valence-electron chi connectivity index (χ4n) is 7.18. The number of nitrogens with zero attached hydrogens (tertiary/aromatic N) is 2. The van der Waals surface area contributed by atoms with Crippen molar-refractivity contribution >= 4 is 11.8 Å². The van der Waals surface area contributed by atoms with Gasteiger partial charge in [0.25, 0.3) is 11.8 Å². The molecular formula is C39H40N2O6. The van der Waals surface area contributed by atoms with Crippen molar-refractivity contribution in [3.63, 3.8) is 0 Å². The molecule has 4 aromatic rings. The first-order chi connectivity index (χ1) is 22.9. The van der Waals surface area contributed by atoms with Crippen molar-refractivity contribution in [2.24, 2.45) is 5.92 Å². The maximum atomic E-state index is 13.0. The van der Waals surface area contributed by atoms with Crippen LogP contribution in [0.1, 0.15) is 75.1 Å². The lowest BCUT2D eigenvalue weighted by molar-refractivity contribution is -0.276. The normalized spacial score (nSPS) is 24.6. The van der Waals surface area contributed by atoms with E-state index in [4.69, 9.17) is 9.47 Å². The largest absolute Gasteiger partial charge is 0.395 e. The van der Waals surface area contributed by atoms with Crippen LogP contribution in [0.5, 0.6) is 0 Å². The number of hydrogen-bond acceptors (Lipinski definition) is 7. The lowest BCUT2D eigenvalue weighted by atomic mass is 9.89. The maximum absolute atomic E-state index is 13.0. The molecule has 5 atom stereocenters. The Morgan fingerprint density at radius 3 is 2.17 bits per heavy atom. The number of likely N-dealkylation sites (tertiary alicyclic amines) is 1. The Labute approximate surface area is 275 Å². The van der Waals surface area contributed by atoms with Gasteiger partial charge in [0, 0.05) is 24.1 Å². The molecule has 7 rings (SSSR count). The summed E-state index contributed by atoms with van der Waals surface area (Å²) in [6, 6.07) is 31.0. The Morgan fingerprint density at radius 2 is 1.47 bits per heavy atom. The standard InChI is InChI=1S/C39H40N2O6/c1-25-35(22-40-18-6-11-32(40)24-43)46-39(47-36(25)28-16-14-26(23-42)15-17-28)31-10-5-9-30(20-31)29-8-4-7-27(19-29)21-41-37(44)33-12-2-3-13-34(33)38(41)45/h2-5,7-10,12-17,19-20,25,32,35-36,39,42-43H,6,11,18,21-24H2,1H3/t25-,32+,35+,36+,39+/m1/s1. The number of benzene rings is 4. The van der Waals surface area contributed by atoms with Crippen molar-refractivity contribution in [1.29, 1.82) is 0 Å². The van der Waals surface area contributed by atoms with E-state index in [0.29, 0.717) is 17.7 Å². The van der Waals surface area contributed by atoms with E-state index in [-0.39, 0.29) is 55.7 Å². The van der Waals surface area contributed by atoms with Crippen LogP contribution in [0.25, 0.3) is 11.1 Å². The van der Waals surface area contributed by atoms with E-state index in [0.717, 1.165) is 52.8 Å². The number of hydrogen-bond donors (Lipinski definition) is 2. The lowest BCUT2D eigenvalue weighted by Crippen LogP contribution is -2.46. The van der Waals surface area contributed by atoms with Gasteiger partial charge in [0.15, 0.2) is 6.29 Å². The summed E-state index contributed by atoms with van der Waals surface area (Å²) in [5.74, 6) is -0.491. The fourth-order valence-corrected chi connectivity index (χ4v) is 7.18. The molecule has 0 radical (unpaired) electrons. The number of aliphatic hydroxyl groups is 2. The van der Waals surface area contributed by atoms with Crippen LogP contribution in [-0.4, -0.2) is 63.7 Å². The Kier molecular flexibility index (Phi) is 9.03. The van der Waals surface area contributed by atoms with Crippen molar-refractivity contribution < 1.29 is 29.3 Å². The highest BCUT2D eigenvalue weighted by Gasteiger charge is 2.40. The maximum Gasteiger partial charge on any atom is 0.261 e. The van der Waals surface area contributed by atoms with Gasteiger partial charge in [-0.15, -0.1) is 0 Å². The van der Waals surface area contributed by atoms with E-state index in [1.165, 1.54) is 4.90 Å². The molecule has 3 aliphatic rings. The predicted molar refractivity (Wildman–Crippen MR) is 177 cm³/mol. The number of ether oxygens (including phenoxy) is 2. The first-order valence-corrected chi connectivity index (χ1v) is 16.4. The highest BCUT2D eigenvalue weighted by atomic mass is 16.7. The molecule has 4 aromatic carbocycles. The minimum absolute atomic E-state index is 0.0144. The molecule has 0 unspecified atom stereocenters. The molecule has 3 heterocycles. The highest BCUT2D eigenvalue weighted by Crippen LogP contribution is 2.43. The zero-order chi connectivity index (χ0) is 32.5. The monoisotopic (exact) mass is 632 g/mol. The predicted octanol–water partition coefficient (Wildman–Crippen LogP) is 5.89. The second-order valence-electron chi connectivity index (χ2n) is 12.9. The van der Waals surface area contributed by atoms with Crippen LogP contribution in [0, 0.1) is 5.92 Å². The third kappa shape index (κ3) is 6.27. The molecule has 0 bridgehead atoms. The first-order valence-electron chi connectivity index (χ1n) is 16.4. The zero-order valence-corrected chi connectivity index (χ0v) is 26.5. The van der Waals surface area contributed by atoms with Gasteiger partial charge in [0.05, 0.1) is 43.1 Å². The molecule has 3 aliphatic heterocycles. The molecule has 0 spiro atoms. The summed E-state index contributed by atoms with van der Waals surface area (Å²) in [6.45, 7) is 4.12. The third-order valence-corrected chi connectivity index (χ3v) is 9.89. The summed E-state index contributed by atoms with van der Waals surface area (Å²) >= 11 is 0. The van der Waals surface area contributed by atoms with Gasteiger partial charge in [0.1, 0.15) is 0 Å². The topological polar surface area (TPSA) is 99.5 Å². The second kappa shape index (κ2) is 13.5. The number of rotatable bonds is 9. The minimum atomic E-state index is -0.615. The summed E-state index contributed by atoms with van der Waals surface area (Å²) in [6.07, 6.45) is 1.07. The van der Waals surface area contributed by atoms with Gasteiger partial charge in [-0.05, 0) is 71.5 Å². The number of carbonyl (C=O) groups excluding carboxylic acids is 2. The molecule has 0 aromatic heterocycles. The molecule has 2 N–H and O–H groups in total. The average Bonchev–Trinajstić information content (AvgIpc) is 3.67. The quantitative estimate of drug-likeness (QED) is 0.222. The lowest BCUT2D eigenvalue weighted by Gasteiger charge is -2.43. The molecule has 2 saturated heterocycles. The molecule has 47 heavy (non-hydrogen) atoms. The Hall–Kier alpha value is -4.18. The summed E-state index contributed by atoms with van der Waals surface area (Å²) in [7, 11) is 0. The van der Waals surface area contributed by atoms with Crippen LogP contribution in [0.3, 0.4) is 0 Å². The van der Waals surface area contributed by atoms with E-state index in [1.807, 2.05) is 66.7 Å². The summed E-state index contributed by atoms with van der Waals surface area (Å²) in [5, 5.41) is 19.6. The minimum Gasteiger partial charge on any atom is -0.395 e. The Balaban J connectivity index is 1.14. The zero-order valence-electron chi connectivity index (χ0n) is 26.5.